The lowest BCUT2D eigenvalue weighted by Crippen LogP contribution is -2.52. The summed E-state index contributed by atoms with van der Waals surface area (Å²) in [4.78, 5) is 4.37. The van der Waals surface area contributed by atoms with Crippen LogP contribution in [0.1, 0.15) is 35.1 Å². The molecule has 0 atom stereocenters. The molecule has 186 valence electrons. The number of halogens is 4. The average molecular weight is 533 g/mol. The van der Waals surface area contributed by atoms with Gasteiger partial charge < -0.3 is 0 Å². The number of benzene rings is 2. The van der Waals surface area contributed by atoms with Gasteiger partial charge in [0.2, 0.25) is 0 Å². The van der Waals surface area contributed by atoms with Gasteiger partial charge in [0.15, 0.2) is 0 Å². The number of alkyl halides is 4. The minimum absolute atomic E-state index is 0.182. The van der Waals surface area contributed by atoms with E-state index in [9.17, 15) is 17.6 Å². The first-order chi connectivity index (χ1) is 16.7. The van der Waals surface area contributed by atoms with Crippen LogP contribution < -0.4 is 0 Å². The van der Waals surface area contributed by atoms with E-state index in [4.69, 9.17) is 27.1 Å². The first-order valence-corrected chi connectivity index (χ1v) is 14.1. The second-order valence-electron chi connectivity index (χ2n) is 8.41. The van der Waals surface area contributed by atoms with Crippen molar-refractivity contribution >= 4 is 22.1 Å². The van der Waals surface area contributed by atoms with Gasteiger partial charge >= 0.3 is 40.2 Å². The first kappa shape index (κ1) is 23.8. The van der Waals surface area contributed by atoms with Gasteiger partial charge in [0.05, 0.1) is 11.1 Å². The van der Waals surface area contributed by atoms with Crippen LogP contribution in [-0.4, -0.2) is 25.7 Å². The number of hydrogen-bond donors (Lipinski definition) is 0. The molecule has 0 N–H and O–H groups in total. The van der Waals surface area contributed by atoms with Crippen molar-refractivity contribution in [3.05, 3.63) is 70.8 Å². The lowest BCUT2D eigenvalue weighted by atomic mass is 10.1. The van der Waals surface area contributed by atoms with Crippen LogP contribution in [0.25, 0.3) is 0 Å². The van der Waals surface area contributed by atoms with Crippen LogP contribution in [0.3, 0.4) is 0 Å². The van der Waals surface area contributed by atoms with Crippen LogP contribution in [0.5, 0.6) is 0 Å². The highest BCUT2D eigenvalue weighted by molar-refractivity contribution is 7.65. The maximum atomic E-state index is 14.4. The number of nitrogens with zero attached hydrogens (tertiary/aromatic N) is 1. The highest BCUT2D eigenvalue weighted by Crippen LogP contribution is 2.93. The predicted octanol–water partition coefficient (Wildman–Crippen LogP) is 6.67. The SMILES string of the molecule is FC(F)(c1ccc(CCC=NCCCc2ccc(C(F)(F)[P+]34OC(O3)O4)cc2)cc1)[P+]12OC(O1)O2. The van der Waals surface area contributed by atoms with Gasteiger partial charge in [-0.3, -0.25) is 4.99 Å². The van der Waals surface area contributed by atoms with Crippen LogP contribution >= 0.6 is 15.9 Å². The number of hydrogen-bond acceptors (Lipinski definition) is 7. The maximum Gasteiger partial charge on any atom is 0.509 e. The molecule has 13 heteroatoms. The summed E-state index contributed by atoms with van der Waals surface area (Å²) < 4.78 is 87.2. The lowest BCUT2D eigenvalue weighted by Gasteiger charge is -2.45. The van der Waals surface area contributed by atoms with E-state index < -0.39 is 40.2 Å². The molecule has 2 aromatic rings. The maximum absolute atomic E-state index is 14.4. The minimum atomic E-state index is -3.51. The lowest BCUT2D eigenvalue weighted by molar-refractivity contribution is -0.350. The minimum Gasteiger partial charge on any atom is -0.298 e. The fourth-order valence-corrected chi connectivity index (χ4v) is 7.15. The average Bonchev–Trinajstić information content (AvgIpc) is 2.68. The van der Waals surface area contributed by atoms with Gasteiger partial charge in [-0.25, -0.2) is 0 Å². The van der Waals surface area contributed by atoms with Crippen LogP contribution in [0, 0.1) is 0 Å². The van der Waals surface area contributed by atoms with Crippen molar-refractivity contribution in [2.75, 3.05) is 6.54 Å². The van der Waals surface area contributed by atoms with Crippen LogP contribution in [-0.2, 0) is 51.3 Å². The van der Waals surface area contributed by atoms with E-state index in [1.807, 2.05) is 6.21 Å². The van der Waals surface area contributed by atoms with Crippen molar-refractivity contribution in [1.29, 1.82) is 0 Å². The molecule has 8 rings (SSSR count). The van der Waals surface area contributed by atoms with Gasteiger partial charge in [0, 0.05) is 6.54 Å². The quantitative estimate of drug-likeness (QED) is 0.139. The highest BCUT2D eigenvalue weighted by atomic mass is 31.2. The highest BCUT2D eigenvalue weighted by Gasteiger charge is 2.92. The zero-order chi connectivity index (χ0) is 24.3. The molecule has 6 aliphatic heterocycles. The molecule has 0 spiro atoms. The molecule has 35 heavy (non-hydrogen) atoms. The van der Waals surface area contributed by atoms with E-state index in [2.05, 4.69) is 4.99 Å². The van der Waals surface area contributed by atoms with Crippen molar-refractivity contribution in [3.63, 3.8) is 0 Å². The Bertz CT molecular complexity index is 1100. The Hall–Kier alpha value is -1.55. The first-order valence-electron chi connectivity index (χ1n) is 11.0. The fourth-order valence-electron chi connectivity index (χ4n) is 3.97. The van der Waals surface area contributed by atoms with E-state index in [1.54, 1.807) is 24.3 Å². The summed E-state index contributed by atoms with van der Waals surface area (Å²) >= 11 is 0. The molecular formula is C22H21F4NO6P2+2. The Morgan fingerprint density at radius 1 is 0.686 bits per heavy atom. The predicted molar refractivity (Wildman–Crippen MR) is 119 cm³/mol. The summed E-state index contributed by atoms with van der Waals surface area (Å²) in [6.07, 6.45) is 4.61. The smallest absolute Gasteiger partial charge is 0.298 e. The summed E-state index contributed by atoms with van der Waals surface area (Å²) in [5.41, 5.74) is -5.08. The standard InChI is InChI=1S/C22H21F4NO6P2/c23-21(24,34-28-19(29-34)30-34)17-9-5-15(6-10-17)3-1-13-27-14-2-4-16-7-11-18(12-8-16)22(25,26)35-31-20(32-35)33-35/h5-13,19-20H,1-4,14H2/q+2. The van der Waals surface area contributed by atoms with Gasteiger partial charge in [-0.15, -0.1) is 27.1 Å². The van der Waals surface area contributed by atoms with E-state index >= 15 is 0 Å². The van der Waals surface area contributed by atoms with Gasteiger partial charge in [-0.05, 0) is 67.3 Å². The molecule has 0 saturated carbocycles. The molecule has 6 heterocycles. The Balaban J connectivity index is 0.912. The normalized spacial score (nSPS) is 30.9. The van der Waals surface area contributed by atoms with Crippen molar-refractivity contribution in [3.8, 4) is 0 Å². The zero-order valence-corrected chi connectivity index (χ0v) is 20.0. The summed E-state index contributed by atoms with van der Waals surface area (Å²) in [6.45, 7) is -1.24. The van der Waals surface area contributed by atoms with Gasteiger partial charge in [-0.2, -0.15) is 17.6 Å². The third-order valence-corrected chi connectivity index (χ3v) is 10.7. The third-order valence-electron chi connectivity index (χ3n) is 6.08. The summed E-state index contributed by atoms with van der Waals surface area (Å²) in [5.74, 6) is 0. The summed E-state index contributed by atoms with van der Waals surface area (Å²) in [6, 6.07) is 12.1. The number of aryl methyl sites for hydroxylation is 2. The molecule has 6 fully saturated rings. The Labute approximate surface area is 199 Å². The molecule has 6 aliphatic rings. The number of aliphatic imine (C=N–C) groups is 1. The molecule has 6 saturated heterocycles. The molecule has 0 radical (unpaired) electrons. The molecule has 7 nitrogen and oxygen atoms in total. The largest absolute Gasteiger partial charge is 0.509 e. The van der Waals surface area contributed by atoms with Crippen LogP contribution in [0.2, 0.25) is 0 Å². The zero-order valence-electron chi connectivity index (χ0n) is 18.2. The molecule has 2 aromatic carbocycles. The van der Waals surface area contributed by atoms with Crippen LogP contribution in [0.15, 0.2) is 53.5 Å². The van der Waals surface area contributed by atoms with E-state index in [1.165, 1.54) is 24.3 Å². The van der Waals surface area contributed by atoms with Crippen LogP contribution in [0.4, 0.5) is 17.6 Å². The Morgan fingerprint density at radius 2 is 1.11 bits per heavy atom. The number of rotatable bonds is 11. The van der Waals surface area contributed by atoms with E-state index in [0.717, 1.165) is 17.5 Å². The van der Waals surface area contributed by atoms with Gasteiger partial charge in [0.25, 0.3) is 0 Å². The molecule has 0 aliphatic carbocycles. The van der Waals surface area contributed by atoms with Gasteiger partial charge in [-0.1, -0.05) is 24.3 Å². The molecule has 0 aromatic heterocycles. The van der Waals surface area contributed by atoms with Crippen molar-refractivity contribution < 1.29 is 44.7 Å². The second-order valence-corrected chi connectivity index (χ2v) is 12.8. The van der Waals surface area contributed by atoms with Gasteiger partial charge in [0.1, 0.15) is 0 Å². The molecule has 0 amide bonds. The van der Waals surface area contributed by atoms with Crippen molar-refractivity contribution in [2.24, 2.45) is 4.99 Å². The third kappa shape index (κ3) is 3.85. The fraction of sp³-hybridized carbons (Fsp3) is 0.409. The summed E-state index contributed by atoms with van der Waals surface area (Å²) in [7, 11) is -7.03. The molecular weight excluding hydrogens is 512 g/mol. The Morgan fingerprint density at radius 3 is 1.51 bits per heavy atom. The van der Waals surface area contributed by atoms with Crippen molar-refractivity contribution in [2.45, 2.75) is 50.0 Å². The monoisotopic (exact) mass is 533 g/mol. The topological polar surface area (TPSA) is 67.7 Å². The van der Waals surface area contributed by atoms with Crippen molar-refractivity contribution in [1.82, 2.24) is 0 Å². The second kappa shape index (κ2) is 8.50. The Kier molecular flexibility index (Phi) is 5.79. The van der Waals surface area contributed by atoms with E-state index in [0.29, 0.717) is 25.8 Å². The summed E-state index contributed by atoms with van der Waals surface area (Å²) in [5, 5.41) is 0. The molecule has 4 bridgehead atoms. The molecule has 0 unspecified atom stereocenters. The van der Waals surface area contributed by atoms with E-state index in [-0.39, 0.29) is 11.1 Å².